The quantitative estimate of drug-likeness (QED) is 0.489. The Morgan fingerprint density at radius 3 is 2.60 bits per heavy atom. The molecular formula is C20H23NO6S3. The second kappa shape index (κ2) is 9.40. The fraction of sp³-hybridized carbons (Fsp3) is 0.400. The Labute approximate surface area is 184 Å². The zero-order valence-corrected chi connectivity index (χ0v) is 19.3. The molecule has 1 amide bonds. The van der Waals surface area contributed by atoms with Gasteiger partial charge in [0, 0.05) is 9.77 Å². The number of benzene rings is 1. The molecule has 0 radical (unpaired) electrons. The van der Waals surface area contributed by atoms with Crippen molar-refractivity contribution in [3.63, 3.8) is 0 Å². The number of ether oxygens (including phenoxy) is 2. The Hall–Kier alpha value is -2.04. The average molecular weight is 470 g/mol. The maximum atomic E-state index is 12.8. The van der Waals surface area contributed by atoms with E-state index < -0.39 is 21.1 Å². The van der Waals surface area contributed by atoms with Crippen LogP contribution >= 0.6 is 23.1 Å². The molecule has 1 aromatic carbocycles. The van der Waals surface area contributed by atoms with Crippen LogP contribution in [0.2, 0.25) is 0 Å². The number of sulfone groups is 1. The van der Waals surface area contributed by atoms with Gasteiger partial charge in [-0.25, -0.2) is 13.2 Å². The fourth-order valence-corrected chi connectivity index (χ4v) is 6.96. The molecule has 7 nitrogen and oxygen atoms in total. The Morgan fingerprint density at radius 1 is 1.27 bits per heavy atom. The third-order valence-electron chi connectivity index (χ3n) is 4.56. The van der Waals surface area contributed by atoms with E-state index in [1.165, 1.54) is 11.8 Å². The molecule has 2 heterocycles. The lowest BCUT2D eigenvalue weighted by Crippen LogP contribution is -2.23. The molecule has 30 heavy (non-hydrogen) atoms. The lowest BCUT2D eigenvalue weighted by Gasteiger charge is -2.14. The molecule has 0 saturated carbocycles. The van der Waals surface area contributed by atoms with Crippen molar-refractivity contribution in [2.45, 2.75) is 36.2 Å². The standard InChI is InChI=1S/C20H23NO6S3/c1-4-27-20(23)17-15-9-10-30(24,25)11-16(15)29-19(17)21-18(22)12(2)28-14-7-5-13(26-3)6-8-14/h5-8,12H,4,9-11H2,1-3H3,(H,21,22). The van der Waals surface area contributed by atoms with E-state index >= 15 is 0 Å². The lowest BCUT2D eigenvalue weighted by molar-refractivity contribution is -0.115. The first-order chi connectivity index (χ1) is 14.2. The number of fused-ring (bicyclic) bond motifs is 1. The van der Waals surface area contributed by atoms with Crippen molar-refractivity contribution in [1.82, 2.24) is 0 Å². The molecule has 0 aliphatic carbocycles. The number of esters is 1. The van der Waals surface area contributed by atoms with Crippen LogP contribution in [0.25, 0.3) is 0 Å². The summed E-state index contributed by atoms with van der Waals surface area (Å²) in [5.74, 6) is -0.219. The van der Waals surface area contributed by atoms with Gasteiger partial charge in [-0.1, -0.05) is 0 Å². The molecule has 0 bridgehead atoms. The van der Waals surface area contributed by atoms with Gasteiger partial charge in [-0.05, 0) is 50.1 Å². The third-order valence-corrected chi connectivity index (χ3v) is 8.56. The maximum Gasteiger partial charge on any atom is 0.341 e. The number of nitrogens with one attached hydrogen (secondary N) is 1. The maximum absolute atomic E-state index is 12.8. The van der Waals surface area contributed by atoms with Gasteiger partial charge in [-0.2, -0.15) is 0 Å². The van der Waals surface area contributed by atoms with Crippen LogP contribution in [0, 0.1) is 0 Å². The van der Waals surface area contributed by atoms with Gasteiger partial charge in [0.1, 0.15) is 10.8 Å². The molecule has 1 aromatic heterocycles. The van der Waals surface area contributed by atoms with Crippen LogP contribution < -0.4 is 10.1 Å². The summed E-state index contributed by atoms with van der Waals surface area (Å²) in [6, 6.07) is 7.37. The van der Waals surface area contributed by atoms with Crippen molar-refractivity contribution in [2.24, 2.45) is 0 Å². The molecule has 1 N–H and O–H groups in total. The molecule has 1 aliphatic heterocycles. The number of methoxy groups -OCH3 is 1. The van der Waals surface area contributed by atoms with Crippen molar-refractivity contribution in [3.05, 3.63) is 40.3 Å². The van der Waals surface area contributed by atoms with Crippen LogP contribution in [-0.4, -0.2) is 45.0 Å². The minimum atomic E-state index is -3.20. The van der Waals surface area contributed by atoms with E-state index in [4.69, 9.17) is 9.47 Å². The van der Waals surface area contributed by atoms with Gasteiger partial charge in [-0.15, -0.1) is 23.1 Å². The first-order valence-electron chi connectivity index (χ1n) is 9.37. The number of thiophene rings is 1. The van der Waals surface area contributed by atoms with E-state index in [9.17, 15) is 18.0 Å². The number of carbonyl (C=O) groups is 2. The van der Waals surface area contributed by atoms with Crippen LogP contribution in [0.15, 0.2) is 29.2 Å². The van der Waals surface area contributed by atoms with Gasteiger partial charge in [0.15, 0.2) is 9.84 Å². The Kier molecular flexibility index (Phi) is 7.10. The predicted molar refractivity (Wildman–Crippen MR) is 118 cm³/mol. The minimum Gasteiger partial charge on any atom is -0.497 e. The second-order valence-corrected chi connectivity index (χ2v) is 11.4. The summed E-state index contributed by atoms with van der Waals surface area (Å²) in [4.78, 5) is 26.8. The van der Waals surface area contributed by atoms with E-state index in [1.54, 1.807) is 21.0 Å². The zero-order valence-electron chi connectivity index (χ0n) is 16.9. The van der Waals surface area contributed by atoms with Crippen molar-refractivity contribution in [1.29, 1.82) is 0 Å². The highest BCUT2D eigenvalue weighted by Gasteiger charge is 2.32. The Bertz CT molecular complexity index is 1040. The normalized spacial score (nSPS) is 15.7. The first-order valence-corrected chi connectivity index (χ1v) is 12.9. The van der Waals surface area contributed by atoms with Gasteiger partial charge in [0.2, 0.25) is 5.91 Å². The van der Waals surface area contributed by atoms with Crippen LogP contribution in [0.4, 0.5) is 5.00 Å². The van der Waals surface area contributed by atoms with E-state index in [0.717, 1.165) is 22.0 Å². The molecule has 1 unspecified atom stereocenters. The molecule has 10 heteroatoms. The number of thioether (sulfide) groups is 1. The Balaban J connectivity index is 1.81. The van der Waals surface area contributed by atoms with Crippen molar-refractivity contribution in [2.75, 3.05) is 24.8 Å². The molecule has 0 fully saturated rings. The monoisotopic (exact) mass is 469 g/mol. The first kappa shape index (κ1) is 22.6. The third kappa shape index (κ3) is 5.16. The summed E-state index contributed by atoms with van der Waals surface area (Å²) < 4.78 is 34.3. The van der Waals surface area contributed by atoms with Gasteiger partial charge in [-0.3, -0.25) is 4.79 Å². The molecule has 162 valence electrons. The summed E-state index contributed by atoms with van der Waals surface area (Å²) in [6.07, 6.45) is 0.244. The SMILES string of the molecule is CCOC(=O)c1c(NC(=O)C(C)Sc2ccc(OC)cc2)sc2c1CCS(=O)(=O)C2. The molecule has 1 atom stereocenters. The summed E-state index contributed by atoms with van der Waals surface area (Å²) in [5.41, 5.74) is 0.945. The minimum absolute atomic E-state index is 0.0136. The number of hydrogen-bond donors (Lipinski definition) is 1. The highest BCUT2D eigenvalue weighted by Crippen LogP contribution is 2.39. The molecular weight excluding hydrogens is 446 g/mol. The lowest BCUT2D eigenvalue weighted by atomic mass is 10.1. The van der Waals surface area contributed by atoms with Gasteiger partial charge < -0.3 is 14.8 Å². The zero-order chi connectivity index (χ0) is 21.9. The topological polar surface area (TPSA) is 98.8 Å². The van der Waals surface area contributed by atoms with Crippen LogP contribution in [0.3, 0.4) is 0 Å². The second-order valence-electron chi connectivity index (χ2n) is 6.70. The van der Waals surface area contributed by atoms with Gasteiger partial charge in [0.05, 0.1) is 36.0 Å². The van der Waals surface area contributed by atoms with E-state index in [0.29, 0.717) is 15.4 Å². The van der Waals surface area contributed by atoms with Crippen molar-refractivity contribution < 1.29 is 27.5 Å². The van der Waals surface area contributed by atoms with Crippen LogP contribution in [0.1, 0.15) is 34.6 Å². The van der Waals surface area contributed by atoms with Crippen LogP contribution in [-0.2, 0) is 31.5 Å². The Morgan fingerprint density at radius 2 is 1.97 bits per heavy atom. The van der Waals surface area contributed by atoms with Gasteiger partial charge >= 0.3 is 5.97 Å². The average Bonchev–Trinajstić information content (AvgIpc) is 3.04. The highest BCUT2D eigenvalue weighted by molar-refractivity contribution is 8.00. The summed E-state index contributed by atoms with van der Waals surface area (Å²) in [5, 5.41) is 2.73. The highest BCUT2D eigenvalue weighted by atomic mass is 32.2. The summed E-state index contributed by atoms with van der Waals surface area (Å²) >= 11 is 2.51. The molecule has 0 saturated heterocycles. The van der Waals surface area contributed by atoms with Crippen molar-refractivity contribution >= 4 is 49.8 Å². The molecule has 3 rings (SSSR count). The predicted octanol–water partition coefficient (Wildman–Crippen LogP) is 3.52. The number of rotatable bonds is 7. The van der Waals surface area contributed by atoms with Crippen LogP contribution in [0.5, 0.6) is 5.75 Å². The molecule has 2 aromatic rings. The number of amides is 1. The number of anilines is 1. The molecule has 1 aliphatic rings. The van der Waals surface area contributed by atoms with E-state index in [2.05, 4.69) is 5.32 Å². The number of hydrogen-bond acceptors (Lipinski definition) is 8. The summed E-state index contributed by atoms with van der Waals surface area (Å²) in [7, 11) is -1.61. The number of carbonyl (C=O) groups excluding carboxylic acids is 2. The fourth-order valence-electron chi connectivity index (χ4n) is 3.06. The van der Waals surface area contributed by atoms with E-state index in [-0.39, 0.29) is 36.0 Å². The van der Waals surface area contributed by atoms with E-state index in [1.807, 2.05) is 24.3 Å². The largest absolute Gasteiger partial charge is 0.497 e. The molecule has 0 spiro atoms. The summed E-state index contributed by atoms with van der Waals surface area (Å²) in [6.45, 7) is 3.66. The van der Waals surface area contributed by atoms with Crippen molar-refractivity contribution in [3.8, 4) is 5.75 Å². The van der Waals surface area contributed by atoms with Gasteiger partial charge in [0.25, 0.3) is 0 Å². The smallest absolute Gasteiger partial charge is 0.341 e.